The van der Waals surface area contributed by atoms with Gasteiger partial charge in [0.05, 0.1) is 0 Å². The molecule has 0 bridgehead atoms. The van der Waals surface area contributed by atoms with E-state index in [1.165, 1.54) is 5.57 Å². The molecule has 0 aromatic carbocycles. The Bertz CT molecular complexity index is 192. The summed E-state index contributed by atoms with van der Waals surface area (Å²) < 4.78 is 0. The highest BCUT2D eigenvalue weighted by Crippen LogP contribution is 2.09. The number of hydrogen-bond donors (Lipinski definition) is 2. The van der Waals surface area contributed by atoms with Crippen LogP contribution in [0.4, 0.5) is 0 Å². The zero-order valence-electron chi connectivity index (χ0n) is 6.46. The summed E-state index contributed by atoms with van der Waals surface area (Å²) in [6, 6.07) is 0. The molecule has 0 radical (unpaired) electrons. The van der Waals surface area contributed by atoms with E-state index in [4.69, 9.17) is 5.21 Å². The molecule has 1 aliphatic carbocycles. The van der Waals surface area contributed by atoms with E-state index in [0.29, 0.717) is 6.54 Å². The molecule has 1 rings (SSSR count). The van der Waals surface area contributed by atoms with Crippen molar-refractivity contribution in [2.45, 2.75) is 12.8 Å². The summed E-state index contributed by atoms with van der Waals surface area (Å²) in [7, 11) is 0. The van der Waals surface area contributed by atoms with Crippen LogP contribution in [0.5, 0.6) is 0 Å². The van der Waals surface area contributed by atoms with Gasteiger partial charge in [-0.25, -0.2) is 5.48 Å². The summed E-state index contributed by atoms with van der Waals surface area (Å²) in [5.74, 6) is 0. The van der Waals surface area contributed by atoms with Gasteiger partial charge < -0.3 is 5.21 Å². The minimum Gasteiger partial charge on any atom is -0.317 e. The van der Waals surface area contributed by atoms with Crippen molar-refractivity contribution in [3.05, 3.63) is 36.0 Å². The van der Waals surface area contributed by atoms with Gasteiger partial charge in [0.15, 0.2) is 0 Å². The van der Waals surface area contributed by atoms with E-state index in [0.717, 1.165) is 12.8 Å². The summed E-state index contributed by atoms with van der Waals surface area (Å²) in [5, 5.41) is 8.35. The summed E-state index contributed by atoms with van der Waals surface area (Å²) in [4.78, 5) is 0. The van der Waals surface area contributed by atoms with Crippen molar-refractivity contribution in [3.8, 4) is 0 Å². The van der Waals surface area contributed by atoms with Crippen molar-refractivity contribution in [2.75, 3.05) is 6.54 Å². The van der Waals surface area contributed by atoms with Gasteiger partial charge in [0.1, 0.15) is 0 Å². The first-order valence-corrected chi connectivity index (χ1v) is 3.81. The zero-order chi connectivity index (χ0) is 7.94. The topological polar surface area (TPSA) is 32.3 Å². The quantitative estimate of drug-likeness (QED) is 0.603. The van der Waals surface area contributed by atoms with Gasteiger partial charge in [0.25, 0.3) is 0 Å². The second-order valence-electron chi connectivity index (χ2n) is 2.50. The molecule has 2 nitrogen and oxygen atoms in total. The number of rotatable bonds is 3. The summed E-state index contributed by atoms with van der Waals surface area (Å²) in [5.41, 5.74) is 3.49. The second kappa shape index (κ2) is 4.88. The van der Waals surface area contributed by atoms with Gasteiger partial charge in [-0.05, 0) is 12.8 Å². The Morgan fingerprint density at radius 3 is 3.09 bits per heavy atom. The molecule has 2 heteroatoms. The summed E-state index contributed by atoms with van der Waals surface area (Å²) >= 11 is 0. The average Bonchev–Trinajstić information content (AvgIpc) is 2.28. The molecular weight excluding hydrogens is 138 g/mol. The van der Waals surface area contributed by atoms with Crippen LogP contribution in [-0.4, -0.2) is 11.8 Å². The summed E-state index contributed by atoms with van der Waals surface area (Å²) in [6.07, 6.45) is 12.2. The first-order chi connectivity index (χ1) is 5.43. The summed E-state index contributed by atoms with van der Waals surface area (Å²) in [6.45, 7) is 0.632. The first kappa shape index (κ1) is 8.24. The Morgan fingerprint density at radius 2 is 2.27 bits per heavy atom. The minimum absolute atomic E-state index is 0.632. The molecule has 1 aliphatic rings. The van der Waals surface area contributed by atoms with Gasteiger partial charge in [-0.3, -0.25) is 0 Å². The fourth-order valence-corrected chi connectivity index (χ4v) is 1.02. The molecule has 2 N–H and O–H groups in total. The fourth-order valence-electron chi connectivity index (χ4n) is 1.02. The van der Waals surface area contributed by atoms with Gasteiger partial charge in [-0.15, -0.1) is 0 Å². The largest absolute Gasteiger partial charge is 0.317 e. The average molecular weight is 151 g/mol. The lowest BCUT2D eigenvalue weighted by atomic mass is 10.1. The van der Waals surface area contributed by atoms with E-state index in [9.17, 15) is 0 Å². The maximum atomic E-state index is 8.35. The molecule has 0 fully saturated rings. The lowest BCUT2D eigenvalue weighted by Gasteiger charge is -2.00. The van der Waals surface area contributed by atoms with Gasteiger partial charge >= 0.3 is 0 Å². The van der Waals surface area contributed by atoms with Gasteiger partial charge in [0.2, 0.25) is 0 Å². The molecule has 0 saturated heterocycles. The Kier molecular flexibility index (Phi) is 3.65. The van der Waals surface area contributed by atoms with Crippen LogP contribution < -0.4 is 5.48 Å². The molecule has 0 spiro atoms. The first-order valence-electron chi connectivity index (χ1n) is 3.81. The van der Waals surface area contributed by atoms with Gasteiger partial charge in [-0.1, -0.05) is 36.0 Å². The highest BCUT2D eigenvalue weighted by atomic mass is 16.5. The number of hydrogen-bond acceptors (Lipinski definition) is 2. The van der Waals surface area contributed by atoms with Crippen LogP contribution in [0.2, 0.25) is 0 Å². The third-order valence-corrected chi connectivity index (χ3v) is 1.63. The van der Waals surface area contributed by atoms with Crippen molar-refractivity contribution in [3.63, 3.8) is 0 Å². The standard InChI is InChI=1S/C9H13NO/c11-10-8-7-9-5-3-1-2-4-6-9/h1-5,10-11H,6-8H2. The van der Waals surface area contributed by atoms with E-state index < -0.39 is 0 Å². The Balaban J connectivity index is 2.38. The molecule has 0 aromatic rings. The number of allylic oxidation sites excluding steroid dienone is 5. The molecule has 0 aliphatic heterocycles. The van der Waals surface area contributed by atoms with Crippen molar-refractivity contribution < 1.29 is 5.21 Å². The van der Waals surface area contributed by atoms with E-state index in [2.05, 4.69) is 17.6 Å². The second-order valence-corrected chi connectivity index (χ2v) is 2.50. The van der Waals surface area contributed by atoms with E-state index in [1.807, 2.05) is 18.2 Å². The van der Waals surface area contributed by atoms with Crippen LogP contribution in [0.3, 0.4) is 0 Å². The van der Waals surface area contributed by atoms with Gasteiger partial charge in [-0.2, -0.15) is 0 Å². The predicted octanol–water partition coefficient (Wildman–Crippen LogP) is 1.80. The molecule has 60 valence electrons. The number of hydroxylamine groups is 1. The molecule has 0 unspecified atom stereocenters. The maximum Gasteiger partial charge on any atom is 0.0244 e. The van der Waals surface area contributed by atoms with E-state index in [-0.39, 0.29) is 0 Å². The van der Waals surface area contributed by atoms with E-state index >= 15 is 0 Å². The van der Waals surface area contributed by atoms with Crippen LogP contribution in [0, 0.1) is 0 Å². The monoisotopic (exact) mass is 151 g/mol. The fraction of sp³-hybridized carbons (Fsp3) is 0.333. The molecular formula is C9H13NO. The van der Waals surface area contributed by atoms with Crippen molar-refractivity contribution in [2.24, 2.45) is 0 Å². The lowest BCUT2D eigenvalue weighted by molar-refractivity contribution is 0.168. The Labute approximate surface area is 66.9 Å². The van der Waals surface area contributed by atoms with Crippen molar-refractivity contribution in [1.82, 2.24) is 5.48 Å². The molecule has 0 amide bonds. The zero-order valence-corrected chi connectivity index (χ0v) is 6.46. The van der Waals surface area contributed by atoms with E-state index in [1.54, 1.807) is 0 Å². The normalized spacial score (nSPS) is 16.3. The smallest absolute Gasteiger partial charge is 0.0244 e. The van der Waals surface area contributed by atoms with Crippen molar-refractivity contribution >= 4 is 0 Å². The van der Waals surface area contributed by atoms with Crippen LogP contribution in [-0.2, 0) is 0 Å². The molecule has 0 heterocycles. The highest BCUT2D eigenvalue weighted by molar-refractivity contribution is 5.23. The maximum absolute atomic E-state index is 8.35. The molecule has 0 aromatic heterocycles. The minimum atomic E-state index is 0.632. The number of nitrogens with one attached hydrogen (secondary N) is 1. The third-order valence-electron chi connectivity index (χ3n) is 1.63. The Morgan fingerprint density at radius 1 is 1.36 bits per heavy atom. The molecule has 11 heavy (non-hydrogen) atoms. The van der Waals surface area contributed by atoms with Gasteiger partial charge in [0, 0.05) is 6.54 Å². The van der Waals surface area contributed by atoms with Crippen molar-refractivity contribution in [1.29, 1.82) is 0 Å². The highest BCUT2D eigenvalue weighted by Gasteiger charge is 1.94. The molecule has 0 saturated carbocycles. The van der Waals surface area contributed by atoms with Crippen LogP contribution in [0.1, 0.15) is 12.8 Å². The SMILES string of the molecule is ONCCC1=CC=CC=CC1. The van der Waals surface area contributed by atoms with Crippen LogP contribution in [0.25, 0.3) is 0 Å². The predicted molar refractivity (Wildman–Crippen MR) is 45.4 cm³/mol. The molecule has 0 atom stereocenters. The van der Waals surface area contributed by atoms with Crippen LogP contribution >= 0.6 is 0 Å². The Hall–Kier alpha value is -0.860. The lowest BCUT2D eigenvalue weighted by Crippen LogP contribution is -2.09. The third kappa shape index (κ3) is 3.16. The van der Waals surface area contributed by atoms with Crippen LogP contribution in [0.15, 0.2) is 36.0 Å².